The fourth-order valence-corrected chi connectivity index (χ4v) is 2.73. The molecule has 0 unspecified atom stereocenters. The van der Waals surface area contributed by atoms with Gasteiger partial charge in [0.15, 0.2) is 0 Å². The van der Waals surface area contributed by atoms with E-state index in [4.69, 9.17) is 4.74 Å². The molecule has 1 aliphatic carbocycles. The normalized spacial score (nSPS) is 15.4. The number of rotatable bonds is 4. The van der Waals surface area contributed by atoms with E-state index in [0.29, 0.717) is 0 Å². The van der Waals surface area contributed by atoms with Crippen molar-refractivity contribution in [2.75, 3.05) is 25.6 Å². The average Bonchev–Trinajstić information content (AvgIpc) is 2.90. The van der Waals surface area contributed by atoms with Gasteiger partial charge in [-0.05, 0) is 30.9 Å². The zero-order chi connectivity index (χ0) is 13.0. The Hall–Kier alpha value is -1.69. The lowest BCUT2D eigenvalue weighted by atomic mass is 10.1. The Morgan fingerprint density at radius 3 is 2.72 bits per heavy atom. The van der Waals surface area contributed by atoms with Crippen molar-refractivity contribution in [1.29, 1.82) is 5.26 Å². The second-order valence-corrected chi connectivity index (χ2v) is 5.03. The predicted molar refractivity (Wildman–Crippen MR) is 72.9 cm³/mol. The summed E-state index contributed by atoms with van der Waals surface area (Å²) in [6.07, 6.45) is 5.33. The number of nitrogens with zero attached hydrogens (tertiary/aromatic N) is 2. The maximum absolute atomic E-state index is 9.17. The number of benzene rings is 1. The van der Waals surface area contributed by atoms with Gasteiger partial charge in [-0.1, -0.05) is 12.8 Å². The van der Waals surface area contributed by atoms with Gasteiger partial charge in [0.2, 0.25) is 0 Å². The zero-order valence-corrected chi connectivity index (χ0v) is 11.1. The van der Waals surface area contributed by atoms with Crippen LogP contribution in [-0.2, 0) is 0 Å². The Kier molecular flexibility index (Phi) is 4.09. The van der Waals surface area contributed by atoms with Gasteiger partial charge in [0.05, 0.1) is 18.4 Å². The van der Waals surface area contributed by atoms with E-state index in [0.717, 1.165) is 29.5 Å². The monoisotopic (exact) mass is 244 g/mol. The zero-order valence-electron chi connectivity index (χ0n) is 11.1. The summed E-state index contributed by atoms with van der Waals surface area (Å²) in [5.74, 6) is 1.58. The number of nitriles is 1. The highest BCUT2D eigenvalue weighted by Gasteiger charge is 2.18. The van der Waals surface area contributed by atoms with Gasteiger partial charge in [0.25, 0.3) is 0 Å². The molecule has 3 nitrogen and oxygen atoms in total. The lowest BCUT2D eigenvalue weighted by molar-refractivity contribution is 0.414. The number of ether oxygens (including phenoxy) is 1. The van der Waals surface area contributed by atoms with Gasteiger partial charge in [-0.15, -0.1) is 0 Å². The fraction of sp³-hybridized carbons (Fsp3) is 0.533. The van der Waals surface area contributed by atoms with Crippen molar-refractivity contribution in [2.45, 2.75) is 25.7 Å². The Morgan fingerprint density at radius 2 is 2.11 bits per heavy atom. The third-order valence-electron chi connectivity index (χ3n) is 3.74. The summed E-state index contributed by atoms with van der Waals surface area (Å²) in [6.45, 7) is 1.03. The third-order valence-corrected chi connectivity index (χ3v) is 3.74. The second kappa shape index (κ2) is 5.77. The van der Waals surface area contributed by atoms with Crippen LogP contribution in [0.4, 0.5) is 5.69 Å². The highest BCUT2D eigenvalue weighted by molar-refractivity contribution is 5.61. The molecular weight excluding hydrogens is 224 g/mol. The molecule has 0 spiro atoms. The minimum absolute atomic E-state index is 0.719. The molecule has 0 aromatic heterocycles. The molecule has 18 heavy (non-hydrogen) atoms. The van der Waals surface area contributed by atoms with E-state index in [9.17, 15) is 5.26 Å². The van der Waals surface area contributed by atoms with E-state index in [1.165, 1.54) is 25.7 Å². The van der Waals surface area contributed by atoms with Gasteiger partial charge in [0, 0.05) is 19.7 Å². The average molecular weight is 244 g/mol. The molecule has 3 heteroatoms. The lowest BCUT2D eigenvalue weighted by Crippen LogP contribution is -2.24. The molecule has 1 aliphatic rings. The van der Waals surface area contributed by atoms with Crippen LogP contribution in [-0.4, -0.2) is 20.7 Å². The molecule has 0 aliphatic heterocycles. The van der Waals surface area contributed by atoms with Crippen LogP contribution in [0, 0.1) is 17.2 Å². The van der Waals surface area contributed by atoms with Crippen molar-refractivity contribution < 1.29 is 4.74 Å². The molecule has 96 valence electrons. The summed E-state index contributed by atoms with van der Waals surface area (Å²) in [7, 11) is 3.72. The molecule has 1 saturated carbocycles. The maximum Gasteiger partial charge on any atom is 0.121 e. The third kappa shape index (κ3) is 2.76. The number of hydrogen-bond donors (Lipinski definition) is 0. The molecule has 1 aromatic rings. The summed E-state index contributed by atoms with van der Waals surface area (Å²) in [5, 5.41) is 9.17. The molecule has 1 aromatic carbocycles. The van der Waals surface area contributed by atoms with Gasteiger partial charge in [-0.25, -0.2) is 0 Å². The highest BCUT2D eigenvalue weighted by atomic mass is 16.5. The minimum Gasteiger partial charge on any atom is -0.497 e. The van der Waals surface area contributed by atoms with Crippen LogP contribution < -0.4 is 9.64 Å². The summed E-state index contributed by atoms with van der Waals surface area (Å²) in [6, 6.07) is 7.88. The maximum atomic E-state index is 9.17. The van der Waals surface area contributed by atoms with E-state index in [1.54, 1.807) is 7.11 Å². The van der Waals surface area contributed by atoms with Crippen molar-refractivity contribution in [3.05, 3.63) is 23.8 Å². The molecule has 0 radical (unpaired) electrons. The van der Waals surface area contributed by atoms with Crippen LogP contribution in [0.2, 0.25) is 0 Å². The smallest absolute Gasteiger partial charge is 0.121 e. The van der Waals surface area contributed by atoms with Gasteiger partial charge in [0.1, 0.15) is 11.8 Å². The molecule has 0 heterocycles. The predicted octanol–water partition coefficient (Wildman–Crippen LogP) is 3.19. The van der Waals surface area contributed by atoms with E-state index in [1.807, 2.05) is 18.2 Å². The van der Waals surface area contributed by atoms with Crippen molar-refractivity contribution >= 4 is 5.69 Å². The molecule has 0 amide bonds. The molecule has 0 atom stereocenters. The van der Waals surface area contributed by atoms with Crippen molar-refractivity contribution in [1.82, 2.24) is 0 Å². The van der Waals surface area contributed by atoms with Crippen molar-refractivity contribution in [2.24, 2.45) is 5.92 Å². The number of anilines is 1. The van der Waals surface area contributed by atoms with E-state index >= 15 is 0 Å². The molecule has 2 rings (SSSR count). The Morgan fingerprint density at radius 1 is 1.39 bits per heavy atom. The first-order chi connectivity index (χ1) is 8.74. The first-order valence-corrected chi connectivity index (χ1v) is 6.54. The molecular formula is C15H20N2O. The summed E-state index contributed by atoms with van der Waals surface area (Å²) in [4.78, 5) is 2.19. The molecule has 0 N–H and O–H groups in total. The number of methoxy groups -OCH3 is 1. The standard InChI is InChI=1S/C15H20N2O/c1-17(11-12-5-3-4-6-12)15-9-14(18-2)8-7-13(15)10-16/h7-9,12H,3-6,11H2,1-2H3. The van der Waals surface area contributed by atoms with E-state index in [2.05, 4.69) is 18.0 Å². The van der Waals surface area contributed by atoms with Crippen LogP contribution >= 0.6 is 0 Å². The lowest BCUT2D eigenvalue weighted by Gasteiger charge is -2.24. The summed E-state index contributed by atoms with van der Waals surface area (Å²) in [5.41, 5.74) is 1.69. The Labute approximate surface area is 109 Å². The second-order valence-electron chi connectivity index (χ2n) is 5.03. The van der Waals surface area contributed by atoms with Crippen LogP contribution in [0.5, 0.6) is 5.75 Å². The van der Waals surface area contributed by atoms with Gasteiger partial charge in [-0.2, -0.15) is 5.26 Å². The molecule has 0 bridgehead atoms. The van der Waals surface area contributed by atoms with E-state index in [-0.39, 0.29) is 0 Å². The van der Waals surface area contributed by atoms with Crippen molar-refractivity contribution in [3.63, 3.8) is 0 Å². The quantitative estimate of drug-likeness (QED) is 0.816. The Bertz CT molecular complexity index is 444. The highest BCUT2D eigenvalue weighted by Crippen LogP contribution is 2.29. The van der Waals surface area contributed by atoms with Crippen LogP contribution in [0.25, 0.3) is 0 Å². The number of hydrogen-bond acceptors (Lipinski definition) is 3. The van der Waals surface area contributed by atoms with Gasteiger partial charge < -0.3 is 9.64 Å². The van der Waals surface area contributed by atoms with Crippen LogP contribution in [0.3, 0.4) is 0 Å². The van der Waals surface area contributed by atoms with Gasteiger partial charge in [-0.3, -0.25) is 0 Å². The Balaban J connectivity index is 2.16. The van der Waals surface area contributed by atoms with E-state index < -0.39 is 0 Å². The largest absolute Gasteiger partial charge is 0.497 e. The fourth-order valence-electron chi connectivity index (χ4n) is 2.73. The summed E-state index contributed by atoms with van der Waals surface area (Å²) >= 11 is 0. The SMILES string of the molecule is COc1ccc(C#N)c(N(C)CC2CCCC2)c1. The first-order valence-electron chi connectivity index (χ1n) is 6.54. The van der Waals surface area contributed by atoms with Crippen LogP contribution in [0.1, 0.15) is 31.2 Å². The first kappa shape index (κ1) is 12.8. The van der Waals surface area contributed by atoms with Crippen molar-refractivity contribution in [3.8, 4) is 11.8 Å². The summed E-state index contributed by atoms with van der Waals surface area (Å²) < 4.78 is 5.24. The molecule has 0 saturated heterocycles. The van der Waals surface area contributed by atoms with Crippen LogP contribution in [0.15, 0.2) is 18.2 Å². The topological polar surface area (TPSA) is 36.3 Å². The minimum atomic E-state index is 0.719. The molecule has 1 fully saturated rings. The van der Waals surface area contributed by atoms with Gasteiger partial charge >= 0.3 is 0 Å².